The zero-order chi connectivity index (χ0) is 25.2. The molecule has 0 aromatic heterocycles. The lowest BCUT2D eigenvalue weighted by Gasteiger charge is -2.12. The number of amides is 1. The summed E-state index contributed by atoms with van der Waals surface area (Å²) >= 11 is 5.68. The second-order valence-electron chi connectivity index (χ2n) is 6.23. The molecular formula is C17H12ClF6NO6S2. The summed E-state index contributed by atoms with van der Waals surface area (Å²) in [5, 5.41) is 0.935. The van der Waals surface area contributed by atoms with Gasteiger partial charge in [0, 0.05) is 6.54 Å². The van der Waals surface area contributed by atoms with Crippen LogP contribution in [0.3, 0.4) is 0 Å². The third-order valence-electron chi connectivity index (χ3n) is 3.89. The van der Waals surface area contributed by atoms with Gasteiger partial charge in [0.25, 0.3) is 0 Å². The van der Waals surface area contributed by atoms with Gasteiger partial charge in [-0.2, -0.15) is 34.8 Å². The van der Waals surface area contributed by atoms with Crippen LogP contribution in [-0.2, 0) is 31.2 Å². The van der Waals surface area contributed by atoms with Crippen LogP contribution in [0.5, 0.6) is 5.75 Å². The fraction of sp³-hybridized carbons (Fsp3) is 0.235. The molecule has 0 saturated heterocycles. The first-order valence-corrected chi connectivity index (χ1v) is 11.7. The lowest BCUT2D eigenvalue weighted by molar-refractivity contribution is -0.173. The number of alkyl halides is 6. The Hall–Kier alpha value is -2.52. The standard InChI is InChI=1S/C17H12ClF6NO6S2/c18-13-9-12(5-6-14(13)31-33(29,30)17(22,23)24)32(27,28)11-3-1-10(2-4-11)7-8-25-15(26)16(19,20)21/h1-6,9H,7-8H2,(H,25,26). The minimum atomic E-state index is -6.02. The molecule has 7 nitrogen and oxygen atoms in total. The SMILES string of the molecule is O=C(NCCc1ccc(S(=O)(=O)c2ccc(OS(=O)(=O)C(F)(F)F)c(Cl)c2)cc1)C(F)(F)F. The van der Waals surface area contributed by atoms with E-state index in [1.807, 2.05) is 0 Å². The van der Waals surface area contributed by atoms with Crippen LogP contribution in [0.1, 0.15) is 5.56 Å². The second kappa shape index (κ2) is 9.38. The van der Waals surface area contributed by atoms with Crippen LogP contribution in [-0.4, -0.2) is 41.0 Å². The summed E-state index contributed by atoms with van der Waals surface area (Å²) in [6.07, 6.45) is -5.07. The largest absolute Gasteiger partial charge is 0.534 e. The van der Waals surface area contributed by atoms with Gasteiger partial charge in [0.15, 0.2) is 5.75 Å². The molecule has 0 spiro atoms. The number of nitrogens with one attached hydrogen (secondary N) is 1. The Balaban J connectivity index is 2.16. The Bertz CT molecular complexity index is 1240. The van der Waals surface area contributed by atoms with Crippen molar-refractivity contribution in [2.24, 2.45) is 0 Å². The Labute approximate surface area is 188 Å². The minimum absolute atomic E-state index is 0.0340. The molecule has 0 bridgehead atoms. The molecule has 16 heteroatoms. The topological polar surface area (TPSA) is 107 Å². The maximum absolute atomic E-state index is 12.7. The average Bonchev–Trinajstić information content (AvgIpc) is 2.68. The number of benzene rings is 2. The van der Waals surface area contributed by atoms with E-state index >= 15 is 0 Å². The van der Waals surface area contributed by atoms with Crippen LogP contribution in [0.25, 0.3) is 0 Å². The molecule has 2 aromatic carbocycles. The van der Waals surface area contributed by atoms with Gasteiger partial charge >= 0.3 is 27.7 Å². The van der Waals surface area contributed by atoms with Crippen LogP contribution >= 0.6 is 11.6 Å². The Morgan fingerprint density at radius 3 is 1.94 bits per heavy atom. The zero-order valence-corrected chi connectivity index (χ0v) is 18.3. The van der Waals surface area contributed by atoms with Gasteiger partial charge in [0.05, 0.1) is 14.8 Å². The van der Waals surface area contributed by atoms with Crippen LogP contribution in [0, 0.1) is 0 Å². The van der Waals surface area contributed by atoms with E-state index in [-0.39, 0.29) is 17.9 Å². The number of sulfone groups is 1. The molecule has 0 aliphatic carbocycles. The highest BCUT2D eigenvalue weighted by Crippen LogP contribution is 2.34. The van der Waals surface area contributed by atoms with Gasteiger partial charge in [-0.05, 0) is 42.3 Å². The van der Waals surface area contributed by atoms with Gasteiger partial charge in [-0.1, -0.05) is 23.7 Å². The fourth-order valence-electron chi connectivity index (χ4n) is 2.27. The first-order valence-electron chi connectivity index (χ1n) is 8.44. The third-order valence-corrected chi connectivity index (χ3v) is 6.92. The van der Waals surface area contributed by atoms with Crippen molar-refractivity contribution < 1.29 is 52.2 Å². The molecule has 0 aliphatic rings. The fourth-order valence-corrected chi connectivity index (χ4v) is 4.37. The number of halogens is 7. The molecule has 2 aromatic rings. The monoisotopic (exact) mass is 539 g/mol. The van der Waals surface area contributed by atoms with Crippen molar-refractivity contribution in [1.82, 2.24) is 5.32 Å². The summed E-state index contributed by atoms with van der Waals surface area (Å²) in [6.45, 7) is -0.359. The van der Waals surface area contributed by atoms with E-state index in [1.165, 1.54) is 12.1 Å². The average molecular weight is 540 g/mol. The lowest BCUT2D eigenvalue weighted by atomic mass is 10.1. The minimum Gasteiger partial charge on any atom is -0.374 e. The molecule has 33 heavy (non-hydrogen) atoms. The highest BCUT2D eigenvalue weighted by atomic mass is 35.5. The normalized spacial score (nSPS) is 12.9. The molecule has 0 saturated carbocycles. The molecule has 0 unspecified atom stereocenters. The number of hydrogen-bond acceptors (Lipinski definition) is 6. The van der Waals surface area contributed by atoms with Crippen LogP contribution in [0.2, 0.25) is 5.02 Å². The van der Waals surface area contributed by atoms with Crippen molar-refractivity contribution in [3.63, 3.8) is 0 Å². The summed E-state index contributed by atoms with van der Waals surface area (Å²) in [6, 6.07) is 6.90. The van der Waals surface area contributed by atoms with Crippen molar-refractivity contribution in [3.05, 3.63) is 53.1 Å². The summed E-state index contributed by atoms with van der Waals surface area (Å²) in [7, 11) is -10.3. The number of carbonyl (C=O) groups excluding carboxylic acids is 1. The Morgan fingerprint density at radius 1 is 0.909 bits per heavy atom. The van der Waals surface area contributed by atoms with Gasteiger partial charge < -0.3 is 9.50 Å². The van der Waals surface area contributed by atoms with E-state index in [4.69, 9.17) is 11.6 Å². The molecule has 0 heterocycles. The van der Waals surface area contributed by atoms with Gasteiger partial charge in [0.2, 0.25) is 9.84 Å². The van der Waals surface area contributed by atoms with Crippen molar-refractivity contribution in [2.75, 3.05) is 6.54 Å². The van der Waals surface area contributed by atoms with Gasteiger partial charge in [-0.3, -0.25) is 4.79 Å². The molecule has 0 aliphatic heterocycles. The Morgan fingerprint density at radius 2 is 1.45 bits per heavy atom. The molecule has 1 N–H and O–H groups in total. The number of hydrogen-bond donors (Lipinski definition) is 1. The van der Waals surface area contributed by atoms with Crippen LogP contribution < -0.4 is 9.50 Å². The summed E-state index contributed by atoms with van der Waals surface area (Å²) in [4.78, 5) is 9.97. The summed E-state index contributed by atoms with van der Waals surface area (Å²) in [5.74, 6) is -3.06. The molecule has 0 fully saturated rings. The van der Waals surface area contributed by atoms with Crippen LogP contribution in [0.4, 0.5) is 26.3 Å². The number of rotatable bonds is 7. The van der Waals surface area contributed by atoms with E-state index in [9.17, 15) is 48.0 Å². The highest BCUT2D eigenvalue weighted by Gasteiger charge is 2.48. The van der Waals surface area contributed by atoms with E-state index in [1.54, 1.807) is 5.32 Å². The molecule has 1 amide bonds. The quantitative estimate of drug-likeness (QED) is 0.327. The molecule has 0 atom stereocenters. The Kier molecular flexibility index (Phi) is 7.60. The van der Waals surface area contributed by atoms with Gasteiger partial charge in [-0.15, -0.1) is 0 Å². The molecule has 182 valence electrons. The summed E-state index contributed by atoms with van der Waals surface area (Å²) < 4.78 is 125. The maximum atomic E-state index is 12.7. The molecule has 2 rings (SSSR count). The molecule has 0 radical (unpaired) electrons. The predicted octanol–water partition coefficient (Wildman–Crippen LogP) is 3.62. The molecular weight excluding hydrogens is 528 g/mol. The first-order chi connectivity index (χ1) is 14.9. The highest BCUT2D eigenvalue weighted by molar-refractivity contribution is 7.91. The van der Waals surface area contributed by atoms with E-state index in [2.05, 4.69) is 4.18 Å². The van der Waals surface area contributed by atoms with E-state index < -0.39 is 53.2 Å². The second-order valence-corrected chi connectivity index (χ2v) is 10.1. The first kappa shape index (κ1) is 26.7. The van der Waals surface area contributed by atoms with Crippen molar-refractivity contribution >= 4 is 37.5 Å². The predicted molar refractivity (Wildman–Crippen MR) is 102 cm³/mol. The van der Waals surface area contributed by atoms with Gasteiger partial charge in [0.1, 0.15) is 0 Å². The lowest BCUT2D eigenvalue weighted by Crippen LogP contribution is -2.37. The third kappa shape index (κ3) is 6.51. The number of carbonyl (C=O) groups is 1. The van der Waals surface area contributed by atoms with E-state index in [0.29, 0.717) is 17.7 Å². The van der Waals surface area contributed by atoms with Crippen molar-refractivity contribution in [2.45, 2.75) is 27.9 Å². The van der Waals surface area contributed by atoms with Gasteiger partial charge in [-0.25, -0.2) is 8.42 Å². The maximum Gasteiger partial charge on any atom is 0.534 e. The zero-order valence-electron chi connectivity index (χ0n) is 15.9. The van der Waals surface area contributed by atoms with Crippen molar-refractivity contribution in [3.8, 4) is 5.75 Å². The van der Waals surface area contributed by atoms with E-state index in [0.717, 1.165) is 18.2 Å². The van der Waals surface area contributed by atoms with Crippen LogP contribution in [0.15, 0.2) is 52.3 Å². The van der Waals surface area contributed by atoms with Crippen molar-refractivity contribution in [1.29, 1.82) is 0 Å². The smallest absolute Gasteiger partial charge is 0.374 e. The summed E-state index contributed by atoms with van der Waals surface area (Å²) in [5.41, 5.74) is -5.33.